The molecule has 0 aliphatic carbocycles. The number of rotatable bonds is 3. The maximum absolute atomic E-state index is 12.5. The predicted octanol–water partition coefficient (Wildman–Crippen LogP) is 4.58. The number of hydrogen-bond donors (Lipinski definition) is 1. The van der Waals surface area contributed by atoms with Gasteiger partial charge in [0.05, 0.1) is 0 Å². The minimum Gasteiger partial charge on any atom is -0.452 e. The topological polar surface area (TPSA) is 46.2 Å². The quantitative estimate of drug-likeness (QED) is 0.711. The highest BCUT2D eigenvalue weighted by molar-refractivity contribution is 6.18. The maximum Gasteiger partial charge on any atom is 0.387 e. The largest absolute Gasteiger partial charge is 0.452 e. The second-order valence-corrected chi connectivity index (χ2v) is 4.42. The van der Waals surface area contributed by atoms with E-state index < -0.39 is 6.61 Å². The fraction of sp³-hybridized carbons (Fsp3) is 0.133. The Kier molecular flexibility index (Phi) is 2.89. The minimum absolute atomic E-state index is 0.0174. The van der Waals surface area contributed by atoms with Crippen LogP contribution in [0.3, 0.4) is 0 Å². The van der Waals surface area contributed by atoms with E-state index in [0.29, 0.717) is 22.2 Å². The third-order valence-corrected chi connectivity index (χ3v) is 3.11. The van der Waals surface area contributed by atoms with Crippen LogP contribution in [0.25, 0.3) is 21.9 Å². The van der Waals surface area contributed by atoms with Gasteiger partial charge in [0.2, 0.25) is 0 Å². The molecule has 0 radical (unpaired) electrons. The fourth-order valence-electron chi connectivity index (χ4n) is 2.31. The average molecular weight is 275 g/mol. The second-order valence-electron chi connectivity index (χ2n) is 4.42. The van der Waals surface area contributed by atoms with Gasteiger partial charge in [0.1, 0.15) is 5.58 Å². The average Bonchev–Trinajstić information content (AvgIpc) is 2.78. The van der Waals surface area contributed by atoms with E-state index in [1.165, 1.54) is 6.07 Å². The molecule has 0 aliphatic heterocycles. The summed E-state index contributed by atoms with van der Waals surface area (Å²) in [4.78, 5) is 0. The third-order valence-electron chi connectivity index (χ3n) is 3.11. The predicted molar refractivity (Wildman–Crippen MR) is 72.9 cm³/mol. The molecule has 0 amide bonds. The summed E-state index contributed by atoms with van der Waals surface area (Å²) in [6.45, 7) is -1.28. The first-order chi connectivity index (χ1) is 9.58. The summed E-state index contributed by atoms with van der Waals surface area (Å²) in [7, 11) is 0. The lowest BCUT2D eigenvalue weighted by molar-refractivity contribution is -0.0493. The Balaban J connectivity index is 2.41. The number of para-hydroxylation sites is 1. The van der Waals surface area contributed by atoms with Gasteiger partial charge >= 0.3 is 6.61 Å². The SMILES string of the molecule is CC(=N)c1ccc(OC(F)F)c2oc3ccccc3c12. The van der Waals surface area contributed by atoms with Crippen molar-refractivity contribution >= 4 is 27.7 Å². The van der Waals surface area contributed by atoms with Gasteiger partial charge in [0.15, 0.2) is 11.3 Å². The normalized spacial score (nSPS) is 11.4. The van der Waals surface area contributed by atoms with E-state index in [1.807, 2.05) is 12.1 Å². The van der Waals surface area contributed by atoms with E-state index in [2.05, 4.69) is 4.74 Å². The molecule has 0 saturated heterocycles. The summed E-state index contributed by atoms with van der Waals surface area (Å²) in [6.07, 6.45) is 0. The van der Waals surface area contributed by atoms with Gasteiger partial charge in [-0.3, -0.25) is 0 Å². The van der Waals surface area contributed by atoms with Crippen LogP contribution in [0.4, 0.5) is 8.78 Å². The van der Waals surface area contributed by atoms with Gasteiger partial charge in [-0.1, -0.05) is 18.2 Å². The molecule has 1 heterocycles. The lowest BCUT2D eigenvalue weighted by Gasteiger charge is -2.07. The van der Waals surface area contributed by atoms with Gasteiger partial charge in [-0.2, -0.15) is 8.78 Å². The van der Waals surface area contributed by atoms with E-state index >= 15 is 0 Å². The summed E-state index contributed by atoms with van der Waals surface area (Å²) < 4.78 is 35.0. The molecule has 3 nitrogen and oxygen atoms in total. The van der Waals surface area contributed by atoms with Crippen molar-refractivity contribution in [3.05, 3.63) is 42.0 Å². The number of furan rings is 1. The van der Waals surface area contributed by atoms with Crippen molar-refractivity contribution in [2.75, 3.05) is 0 Å². The van der Waals surface area contributed by atoms with Crippen LogP contribution in [0.15, 0.2) is 40.8 Å². The van der Waals surface area contributed by atoms with E-state index in [-0.39, 0.29) is 11.3 Å². The molecule has 1 N–H and O–H groups in total. The zero-order valence-electron chi connectivity index (χ0n) is 10.6. The number of halogens is 2. The number of benzene rings is 2. The summed E-state index contributed by atoms with van der Waals surface area (Å²) in [5, 5.41) is 9.22. The van der Waals surface area contributed by atoms with Gasteiger partial charge < -0.3 is 14.6 Å². The zero-order valence-corrected chi connectivity index (χ0v) is 10.6. The van der Waals surface area contributed by atoms with Gasteiger partial charge in [0, 0.05) is 22.0 Å². The third kappa shape index (κ3) is 1.91. The minimum atomic E-state index is -2.92. The molecule has 0 bridgehead atoms. The van der Waals surface area contributed by atoms with Gasteiger partial charge in [-0.05, 0) is 25.1 Å². The molecule has 0 spiro atoms. The van der Waals surface area contributed by atoms with Crippen molar-refractivity contribution in [1.29, 1.82) is 5.41 Å². The first-order valence-corrected chi connectivity index (χ1v) is 6.02. The Bertz CT molecular complexity index is 808. The van der Waals surface area contributed by atoms with Crippen molar-refractivity contribution in [2.45, 2.75) is 13.5 Å². The number of ether oxygens (including phenoxy) is 1. The van der Waals surface area contributed by atoms with Crippen LogP contribution < -0.4 is 4.74 Å². The maximum atomic E-state index is 12.5. The highest BCUT2D eigenvalue weighted by Crippen LogP contribution is 2.37. The smallest absolute Gasteiger partial charge is 0.387 e. The Morgan fingerprint density at radius 1 is 1.20 bits per heavy atom. The van der Waals surface area contributed by atoms with Crippen molar-refractivity contribution < 1.29 is 17.9 Å². The molecule has 102 valence electrons. The number of nitrogens with one attached hydrogen (secondary N) is 1. The molecule has 0 unspecified atom stereocenters. The van der Waals surface area contributed by atoms with E-state index in [1.54, 1.807) is 25.1 Å². The summed E-state index contributed by atoms with van der Waals surface area (Å²) in [5.74, 6) is -0.0174. The van der Waals surface area contributed by atoms with Crippen molar-refractivity contribution in [1.82, 2.24) is 0 Å². The molecule has 3 aromatic rings. The van der Waals surface area contributed by atoms with E-state index in [0.717, 1.165) is 5.39 Å². The Morgan fingerprint density at radius 2 is 1.95 bits per heavy atom. The molecule has 3 rings (SSSR count). The summed E-state index contributed by atoms with van der Waals surface area (Å²) >= 11 is 0. The summed E-state index contributed by atoms with van der Waals surface area (Å²) in [6, 6.07) is 10.2. The molecule has 20 heavy (non-hydrogen) atoms. The molecule has 0 atom stereocenters. The second kappa shape index (κ2) is 4.59. The Hall–Kier alpha value is -2.43. The van der Waals surface area contributed by atoms with Crippen LogP contribution in [-0.2, 0) is 0 Å². The van der Waals surface area contributed by atoms with Crippen LogP contribution >= 0.6 is 0 Å². The molecule has 2 aromatic carbocycles. The van der Waals surface area contributed by atoms with Crippen molar-refractivity contribution in [3.63, 3.8) is 0 Å². The molecule has 0 aliphatic rings. The number of alkyl halides is 2. The number of hydrogen-bond acceptors (Lipinski definition) is 3. The Labute approximate surface area is 113 Å². The van der Waals surface area contributed by atoms with Crippen LogP contribution in [0.5, 0.6) is 5.75 Å². The van der Waals surface area contributed by atoms with Crippen LogP contribution in [-0.4, -0.2) is 12.3 Å². The molecule has 0 fully saturated rings. The lowest BCUT2D eigenvalue weighted by Crippen LogP contribution is -2.03. The molecular formula is C15H11F2NO2. The van der Waals surface area contributed by atoms with Crippen LogP contribution in [0, 0.1) is 5.41 Å². The first kappa shape index (κ1) is 12.6. The van der Waals surface area contributed by atoms with Crippen LogP contribution in [0.1, 0.15) is 12.5 Å². The van der Waals surface area contributed by atoms with Gasteiger partial charge in [-0.15, -0.1) is 0 Å². The van der Waals surface area contributed by atoms with E-state index in [9.17, 15) is 8.78 Å². The lowest BCUT2D eigenvalue weighted by atomic mass is 10.0. The molecule has 0 saturated carbocycles. The van der Waals surface area contributed by atoms with Crippen molar-refractivity contribution in [2.24, 2.45) is 0 Å². The molecule has 5 heteroatoms. The van der Waals surface area contributed by atoms with Crippen molar-refractivity contribution in [3.8, 4) is 5.75 Å². The number of fused-ring (bicyclic) bond motifs is 3. The Morgan fingerprint density at radius 3 is 2.65 bits per heavy atom. The first-order valence-electron chi connectivity index (χ1n) is 6.02. The molecule has 1 aromatic heterocycles. The zero-order chi connectivity index (χ0) is 14.3. The van der Waals surface area contributed by atoms with E-state index in [4.69, 9.17) is 9.83 Å². The monoisotopic (exact) mass is 275 g/mol. The van der Waals surface area contributed by atoms with Gasteiger partial charge in [0.25, 0.3) is 0 Å². The summed E-state index contributed by atoms with van der Waals surface area (Å²) in [5.41, 5.74) is 1.81. The fourth-order valence-corrected chi connectivity index (χ4v) is 2.31. The van der Waals surface area contributed by atoms with Crippen LogP contribution in [0.2, 0.25) is 0 Å². The highest BCUT2D eigenvalue weighted by Gasteiger charge is 2.18. The van der Waals surface area contributed by atoms with Gasteiger partial charge in [-0.25, -0.2) is 0 Å². The standard InChI is InChI=1S/C15H11F2NO2/c1-8(18)9-6-7-12(20-15(16)17)14-13(9)10-4-2-3-5-11(10)19-14/h2-7,15,18H,1H3. The molecular weight excluding hydrogens is 264 g/mol. The highest BCUT2D eigenvalue weighted by atomic mass is 19.3.